The Morgan fingerprint density at radius 1 is 1.47 bits per heavy atom. The average molecular weight is 226 g/mol. The summed E-state index contributed by atoms with van der Waals surface area (Å²) in [5.41, 5.74) is 7.06. The SMILES string of the molecule is CC1(C)C(CN)C1c1ccc(O)cc1Cl. The lowest BCUT2D eigenvalue weighted by Gasteiger charge is -2.06. The van der Waals surface area contributed by atoms with Crippen LogP contribution in [0.2, 0.25) is 5.02 Å². The molecule has 1 aliphatic rings. The first kappa shape index (κ1) is 10.8. The van der Waals surface area contributed by atoms with Gasteiger partial charge in [0.1, 0.15) is 5.75 Å². The fourth-order valence-electron chi connectivity index (χ4n) is 2.57. The molecular weight excluding hydrogens is 210 g/mol. The van der Waals surface area contributed by atoms with Crippen molar-refractivity contribution in [1.82, 2.24) is 0 Å². The van der Waals surface area contributed by atoms with Crippen LogP contribution < -0.4 is 5.73 Å². The first-order valence-electron chi connectivity index (χ1n) is 5.17. The second kappa shape index (κ2) is 3.39. The quantitative estimate of drug-likeness (QED) is 0.813. The number of aromatic hydroxyl groups is 1. The third-order valence-electron chi connectivity index (χ3n) is 3.62. The number of halogens is 1. The molecule has 15 heavy (non-hydrogen) atoms. The summed E-state index contributed by atoms with van der Waals surface area (Å²) in [5, 5.41) is 9.93. The molecule has 0 radical (unpaired) electrons. The zero-order valence-corrected chi connectivity index (χ0v) is 9.75. The molecule has 2 atom stereocenters. The van der Waals surface area contributed by atoms with Crippen LogP contribution in [0.3, 0.4) is 0 Å². The highest BCUT2D eigenvalue weighted by molar-refractivity contribution is 6.31. The van der Waals surface area contributed by atoms with Crippen LogP contribution in [-0.2, 0) is 0 Å². The Kier molecular flexibility index (Phi) is 2.44. The summed E-state index contributed by atoms with van der Waals surface area (Å²) in [6, 6.07) is 5.18. The second-order valence-corrected chi connectivity index (χ2v) is 5.25. The van der Waals surface area contributed by atoms with E-state index in [1.807, 2.05) is 6.07 Å². The van der Waals surface area contributed by atoms with E-state index in [9.17, 15) is 5.11 Å². The van der Waals surface area contributed by atoms with Crippen molar-refractivity contribution in [3.8, 4) is 5.75 Å². The molecule has 0 spiro atoms. The zero-order valence-electron chi connectivity index (χ0n) is 9.00. The fourth-order valence-corrected chi connectivity index (χ4v) is 2.86. The predicted molar refractivity (Wildman–Crippen MR) is 62.2 cm³/mol. The van der Waals surface area contributed by atoms with Crippen molar-refractivity contribution in [2.45, 2.75) is 19.8 Å². The number of nitrogens with two attached hydrogens (primary N) is 1. The molecule has 2 rings (SSSR count). The van der Waals surface area contributed by atoms with Crippen molar-refractivity contribution in [2.24, 2.45) is 17.1 Å². The molecule has 1 aromatic rings. The van der Waals surface area contributed by atoms with Crippen molar-refractivity contribution < 1.29 is 5.11 Å². The molecule has 1 fully saturated rings. The van der Waals surface area contributed by atoms with E-state index in [0.29, 0.717) is 23.4 Å². The van der Waals surface area contributed by atoms with Crippen LogP contribution in [0.25, 0.3) is 0 Å². The Morgan fingerprint density at radius 3 is 2.60 bits per heavy atom. The maximum Gasteiger partial charge on any atom is 0.117 e. The van der Waals surface area contributed by atoms with Crippen LogP contribution in [0.5, 0.6) is 5.75 Å². The van der Waals surface area contributed by atoms with Gasteiger partial charge in [0.05, 0.1) is 0 Å². The number of rotatable bonds is 2. The summed E-state index contributed by atoms with van der Waals surface area (Å²) in [6.45, 7) is 5.10. The third kappa shape index (κ3) is 1.62. The van der Waals surface area contributed by atoms with E-state index < -0.39 is 0 Å². The van der Waals surface area contributed by atoms with Gasteiger partial charge in [0.15, 0.2) is 0 Å². The van der Waals surface area contributed by atoms with Gasteiger partial charge in [-0.3, -0.25) is 0 Å². The molecule has 0 aliphatic heterocycles. The van der Waals surface area contributed by atoms with Gasteiger partial charge in [-0.2, -0.15) is 0 Å². The number of phenolic OH excluding ortho intramolecular Hbond substituents is 1. The van der Waals surface area contributed by atoms with Crippen LogP contribution in [0, 0.1) is 11.3 Å². The average Bonchev–Trinajstić information content (AvgIpc) is 2.68. The Bertz CT molecular complexity index is 389. The van der Waals surface area contributed by atoms with E-state index in [1.165, 1.54) is 0 Å². The molecule has 2 nitrogen and oxygen atoms in total. The monoisotopic (exact) mass is 225 g/mol. The number of benzene rings is 1. The predicted octanol–water partition coefficient (Wildman–Crippen LogP) is 2.74. The Hall–Kier alpha value is -0.730. The molecule has 0 heterocycles. The maximum absolute atomic E-state index is 9.28. The summed E-state index contributed by atoms with van der Waals surface area (Å²) >= 11 is 6.11. The van der Waals surface area contributed by atoms with Crippen LogP contribution in [0.15, 0.2) is 18.2 Å². The van der Waals surface area contributed by atoms with Gasteiger partial charge in [-0.05, 0) is 41.5 Å². The van der Waals surface area contributed by atoms with Gasteiger partial charge in [-0.1, -0.05) is 31.5 Å². The highest BCUT2D eigenvalue weighted by Crippen LogP contribution is 2.64. The molecule has 2 unspecified atom stereocenters. The minimum atomic E-state index is 0.214. The summed E-state index contributed by atoms with van der Waals surface area (Å²) in [6.07, 6.45) is 0. The van der Waals surface area contributed by atoms with Gasteiger partial charge in [0, 0.05) is 5.02 Å². The van der Waals surface area contributed by atoms with E-state index >= 15 is 0 Å². The Balaban J connectivity index is 2.33. The number of hydrogen-bond donors (Lipinski definition) is 2. The van der Waals surface area contributed by atoms with E-state index in [2.05, 4.69) is 13.8 Å². The third-order valence-corrected chi connectivity index (χ3v) is 3.95. The normalized spacial score (nSPS) is 27.7. The Labute approximate surface area is 95.1 Å². The first-order chi connectivity index (χ1) is 6.98. The fraction of sp³-hybridized carbons (Fsp3) is 0.500. The van der Waals surface area contributed by atoms with Gasteiger partial charge in [-0.15, -0.1) is 0 Å². The molecule has 0 saturated heterocycles. The first-order valence-corrected chi connectivity index (χ1v) is 5.54. The van der Waals surface area contributed by atoms with E-state index in [-0.39, 0.29) is 11.2 Å². The summed E-state index contributed by atoms with van der Waals surface area (Å²) in [4.78, 5) is 0. The summed E-state index contributed by atoms with van der Waals surface area (Å²) < 4.78 is 0. The molecule has 1 aromatic carbocycles. The van der Waals surface area contributed by atoms with E-state index in [1.54, 1.807) is 12.1 Å². The minimum Gasteiger partial charge on any atom is -0.508 e. The van der Waals surface area contributed by atoms with Crippen molar-refractivity contribution in [2.75, 3.05) is 6.54 Å². The van der Waals surface area contributed by atoms with Crippen LogP contribution in [0.1, 0.15) is 25.3 Å². The van der Waals surface area contributed by atoms with Gasteiger partial charge in [-0.25, -0.2) is 0 Å². The van der Waals surface area contributed by atoms with Gasteiger partial charge < -0.3 is 10.8 Å². The van der Waals surface area contributed by atoms with Crippen molar-refractivity contribution >= 4 is 11.6 Å². The molecular formula is C12H16ClNO. The standard InChI is InChI=1S/C12H16ClNO/c1-12(2)9(6-14)11(12)8-4-3-7(15)5-10(8)13/h3-5,9,11,15H,6,14H2,1-2H3. The number of phenols is 1. The lowest BCUT2D eigenvalue weighted by atomic mass is 10.0. The molecule has 3 N–H and O–H groups in total. The van der Waals surface area contributed by atoms with Gasteiger partial charge >= 0.3 is 0 Å². The highest BCUT2D eigenvalue weighted by Gasteiger charge is 2.57. The van der Waals surface area contributed by atoms with Gasteiger partial charge in [0.2, 0.25) is 0 Å². The van der Waals surface area contributed by atoms with Crippen molar-refractivity contribution in [1.29, 1.82) is 0 Å². The largest absolute Gasteiger partial charge is 0.508 e. The Morgan fingerprint density at radius 2 is 2.13 bits per heavy atom. The number of hydrogen-bond acceptors (Lipinski definition) is 2. The van der Waals surface area contributed by atoms with E-state index in [4.69, 9.17) is 17.3 Å². The molecule has 0 aromatic heterocycles. The topological polar surface area (TPSA) is 46.2 Å². The lowest BCUT2D eigenvalue weighted by molar-refractivity contribution is 0.475. The smallest absolute Gasteiger partial charge is 0.117 e. The second-order valence-electron chi connectivity index (χ2n) is 4.85. The molecule has 82 valence electrons. The zero-order chi connectivity index (χ0) is 11.2. The lowest BCUT2D eigenvalue weighted by Crippen LogP contribution is -2.05. The minimum absolute atomic E-state index is 0.214. The molecule has 0 bridgehead atoms. The van der Waals surface area contributed by atoms with Gasteiger partial charge in [0.25, 0.3) is 0 Å². The summed E-state index contributed by atoms with van der Waals surface area (Å²) in [5.74, 6) is 1.14. The van der Waals surface area contributed by atoms with E-state index in [0.717, 1.165) is 5.56 Å². The molecule has 0 amide bonds. The highest BCUT2D eigenvalue weighted by atomic mass is 35.5. The van der Waals surface area contributed by atoms with Crippen LogP contribution in [0.4, 0.5) is 0 Å². The maximum atomic E-state index is 9.28. The molecule has 1 saturated carbocycles. The van der Waals surface area contributed by atoms with Crippen LogP contribution in [-0.4, -0.2) is 11.7 Å². The van der Waals surface area contributed by atoms with Crippen LogP contribution >= 0.6 is 11.6 Å². The van der Waals surface area contributed by atoms with Crippen molar-refractivity contribution in [3.05, 3.63) is 28.8 Å². The summed E-state index contributed by atoms with van der Waals surface area (Å²) in [7, 11) is 0. The molecule has 1 aliphatic carbocycles. The molecule has 3 heteroatoms. The van der Waals surface area contributed by atoms with Crippen molar-refractivity contribution in [3.63, 3.8) is 0 Å².